The molecule has 3 N–H and O–H groups in total. The van der Waals surface area contributed by atoms with Crippen LogP contribution in [-0.4, -0.2) is 41.8 Å². The lowest BCUT2D eigenvalue weighted by Gasteiger charge is -2.13. The van der Waals surface area contributed by atoms with Gasteiger partial charge in [-0.2, -0.15) is 0 Å². The standard InChI is InChI=1S/C23H19FN4O5S/c1-33-22(32)18-19(12-6-8-13(24)9-7-12)34-23(28-18)27-17(29)11-10-16-21(31)25-15-5-3-2-4-14(15)20(30)26-16/h2-9,16H,10-11H2,1H3,(H,25,31)(H,26,30)(H,27,28,29). The van der Waals surface area contributed by atoms with E-state index in [9.17, 15) is 23.6 Å². The Kier molecular flexibility index (Phi) is 6.64. The van der Waals surface area contributed by atoms with Gasteiger partial charge in [0.2, 0.25) is 11.8 Å². The van der Waals surface area contributed by atoms with Crippen LogP contribution in [0.3, 0.4) is 0 Å². The number of para-hydroxylation sites is 1. The number of amides is 3. The lowest BCUT2D eigenvalue weighted by Crippen LogP contribution is -2.41. The van der Waals surface area contributed by atoms with Gasteiger partial charge >= 0.3 is 5.97 Å². The van der Waals surface area contributed by atoms with Crippen molar-refractivity contribution in [3.63, 3.8) is 0 Å². The molecule has 174 valence electrons. The van der Waals surface area contributed by atoms with Crippen molar-refractivity contribution < 1.29 is 28.3 Å². The maximum absolute atomic E-state index is 13.3. The predicted molar refractivity (Wildman–Crippen MR) is 123 cm³/mol. The van der Waals surface area contributed by atoms with Gasteiger partial charge in [0, 0.05) is 6.42 Å². The van der Waals surface area contributed by atoms with Gasteiger partial charge in [-0.05, 0) is 36.2 Å². The number of hydrogen-bond donors (Lipinski definition) is 3. The van der Waals surface area contributed by atoms with E-state index in [2.05, 4.69) is 20.9 Å². The molecule has 0 saturated carbocycles. The van der Waals surface area contributed by atoms with E-state index >= 15 is 0 Å². The van der Waals surface area contributed by atoms with Gasteiger partial charge in [0.05, 0.1) is 23.2 Å². The molecule has 34 heavy (non-hydrogen) atoms. The Morgan fingerprint density at radius 2 is 1.88 bits per heavy atom. The van der Waals surface area contributed by atoms with E-state index in [0.29, 0.717) is 21.7 Å². The number of carbonyl (C=O) groups is 4. The summed E-state index contributed by atoms with van der Waals surface area (Å²) in [7, 11) is 1.21. The van der Waals surface area contributed by atoms with E-state index in [-0.39, 0.29) is 23.7 Å². The van der Waals surface area contributed by atoms with E-state index < -0.39 is 35.5 Å². The number of fused-ring (bicyclic) bond motifs is 1. The molecule has 1 unspecified atom stereocenters. The second-order valence-corrected chi connectivity index (χ2v) is 8.34. The van der Waals surface area contributed by atoms with Gasteiger partial charge in [-0.3, -0.25) is 14.4 Å². The van der Waals surface area contributed by atoms with E-state index in [1.54, 1.807) is 24.3 Å². The second-order valence-electron chi connectivity index (χ2n) is 7.34. The van der Waals surface area contributed by atoms with Crippen molar-refractivity contribution in [3.8, 4) is 10.4 Å². The van der Waals surface area contributed by atoms with Crippen LogP contribution in [0.1, 0.15) is 33.7 Å². The highest BCUT2D eigenvalue weighted by molar-refractivity contribution is 7.19. The lowest BCUT2D eigenvalue weighted by molar-refractivity contribution is -0.118. The van der Waals surface area contributed by atoms with Crippen LogP contribution in [0.15, 0.2) is 48.5 Å². The first-order valence-corrected chi connectivity index (χ1v) is 11.0. The van der Waals surface area contributed by atoms with E-state index in [4.69, 9.17) is 4.74 Å². The van der Waals surface area contributed by atoms with Crippen molar-refractivity contribution in [1.82, 2.24) is 10.3 Å². The lowest BCUT2D eigenvalue weighted by atomic mass is 10.1. The molecule has 11 heteroatoms. The van der Waals surface area contributed by atoms with Gasteiger partial charge in [-0.15, -0.1) is 0 Å². The topological polar surface area (TPSA) is 126 Å². The van der Waals surface area contributed by atoms with Crippen LogP contribution >= 0.6 is 11.3 Å². The quantitative estimate of drug-likeness (QED) is 0.463. The molecular formula is C23H19FN4O5S. The number of nitrogens with zero attached hydrogens (tertiary/aromatic N) is 1. The summed E-state index contributed by atoms with van der Waals surface area (Å²) in [6.45, 7) is 0. The Balaban J connectivity index is 1.44. The van der Waals surface area contributed by atoms with Gasteiger partial charge in [0.15, 0.2) is 10.8 Å². The fraction of sp³-hybridized carbons (Fsp3) is 0.174. The molecule has 0 aliphatic carbocycles. The zero-order chi connectivity index (χ0) is 24.2. The number of esters is 1. The molecule has 0 spiro atoms. The number of halogens is 1. The zero-order valence-electron chi connectivity index (χ0n) is 17.9. The Morgan fingerprint density at radius 1 is 1.15 bits per heavy atom. The predicted octanol–water partition coefficient (Wildman–Crippen LogP) is 3.21. The number of hydrogen-bond acceptors (Lipinski definition) is 7. The molecule has 0 radical (unpaired) electrons. The number of benzene rings is 2. The Morgan fingerprint density at radius 3 is 2.62 bits per heavy atom. The van der Waals surface area contributed by atoms with Crippen molar-refractivity contribution in [2.45, 2.75) is 18.9 Å². The second kappa shape index (κ2) is 9.79. The van der Waals surface area contributed by atoms with E-state index in [1.165, 1.54) is 31.4 Å². The van der Waals surface area contributed by atoms with Gasteiger partial charge in [-0.25, -0.2) is 14.2 Å². The average molecular weight is 482 g/mol. The minimum absolute atomic E-state index is 0.0115. The summed E-state index contributed by atoms with van der Waals surface area (Å²) in [6, 6.07) is 11.2. The fourth-order valence-electron chi connectivity index (χ4n) is 3.38. The number of anilines is 2. The summed E-state index contributed by atoms with van der Waals surface area (Å²) in [6.07, 6.45) is -0.0365. The Bertz CT molecular complexity index is 1270. The summed E-state index contributed by atoms with van der Waals surface area (Å²) >= 11 is 1.03. The third kappa shape index (κ3) is 4.94. The van der Waals surface area contributed by atoms with E-state index in [0.717, 1.165) is 11.3 Å². The molecule has 0 bridgehead atoms. The maximum atomic E-state index is 13.3. The van der Waals surface area contributed by atoms with Gasteiger partial charge < -0.3 is 20.7 Å². The summed E-state index contributed by atoms with van der Waals surface area (Å²) in [4.78, 5) is 54.1. The molecule has 1 aromatic heterocycles. The van der Waals surface area contributed by atoms with E-state index in [1.807, 2.05) is 0 Å². The normalized spacial score (nSPS) is 14.9. The molecule has 2 heterocycles. The molecular weight excluding hydrogens is 463 g/mol. The third-order valence-corrected chi connectivity index (χ3v) is 6.09. The third-order valence-electron chi connectivity index (χ3n) is 5.07. The van der Waals surface area contributed by atoms with Crippen LogP contribution in [0.25, 0.3) is 10.4 Å². The maximum Gasteiger partial charge on any atom is 0.358 e. The SMILES string of the molecule is COC(=O)c1nc(NC(=O)CCC2NC(=O)c3ccccc3NC2=O)sc1-c1ccc(F)cc1. The summed E-state index contributed by atoms with van der Waals surface area (Å²) < 4.78 is 18.0. The van der Waals surface area contributed by atoms with Crippen LogP contribution in [0.5, 0.6) is 0 Å². The number of ether oxygens (including phenoxy) is 1. The number of aromatic nitrogens is 1. The number of methoxy groups -OCH3 is 1. The van der Waals surface area contributed by atoms with Crippen molar-refractivity contribution in [1.29, 1.82) is 0 Å². The highest BCUT2D eigenvalue weighted by Gasteiger charge is 2.28. The van der Waals surface area contributed by atoms with Crippen LogP contribution < -0.4 is 16.0 Å². The van der Waals surface area contributed by atoms with Crippen LogP contribution in [0.2, 0.25) is 0 Å². The van der Waals surface area contributed by atoms with Gasteiger partial charge in [-0.1, -0.05) is 35.6 Å². The fourth-order valence-corrected chi connectivity index (χ4v) is 4.35. The van der Waals surface area contributed by atoms with Gasteiger partial charge in [0.1, 0.15) is 11.9 Å². The molecule has 0 fully saturated rings. The molecule has 1 aliphatic heterocycles. The minimum atomic E-state index is -0.901. The molecule has 3 aromatic rings. The highest BCUT2D eigenvalue weighted by atomic mass is 32.1. The minimum Gasteiger partial charge on any atom is -0.464 e. The largest absolute Gasteiger partial charge is 0.464 e. The first kappa shape index (κ1) is 23.1. The first-order valence-electron chi connectivity index (χ1n) is 10.2. The van der Waals surface area contributed by atoms with Crippen molar-refractivity contribution >= 4 is 45.8 Å². The Hall–Kier alpha value is -4.12. The number of nitrogens with one attached hydrogen (secondary N) is 3. The molecule has 2 aromatic carbocycles. The monoisotopic (exact) mass is 482 g/mol. The molecule has 4 rings (SSSR count). The smallest absolute Gasteiger partial charge is 0.358 e. The van der Waals surface area contributed by atoms with Crippen LogP contribution in [0, 0.1) is 5.82 Å². The number of thiazole rings is 1. The summed E-state index contributed by atoms with van der Waals surface area (Å²) in [5.41, 5.74) is 1.28. The molecule has 1 atom stereocenters. The first-order chi connectivity index (χ1) is 16.4. The zero-order valence-corrected chi connectivity index (χ0v) is 18.7. The summed E-state index contributed by atoms with van der Waals surface area (Å²) in [5.74, 6) is -2.43. The number of rotatable bonds is 6. The average Bonchev–Trinajstić information content (AvgIpc) is 3.20. The van der Waals surface area contributed by atoms with Crippen molar-refractivity contribution in [2.24, 2.45) is 0 Å². The summed E-state index contributed by atoms with van der Waals surface area (Å²) in [5, 5.41) is 8.06. The number of carbonyl (C=O) groups excluding carboxylic acids is 4. The van der Waals surface area contributed by atoms with Gasteiger partial charge in [0.25, 0.3) is 5.91 Å². The van der Waals surface area contributed by atoms with Crippen molar-refractivity contribution in [3.05, 3.63) is 65.6 Å². The molecule has 1 aliphatic rings. The van der Waals surface area contributed by atoms with Crippen LogP contribution in [0.4, 0.5) is 15.2 Å². The Labute approximate surface area is 197 Å². The van der Waals surface area contributed by atoms with Crippen molar-refractivity contribution in [2.75, 3.05) is 17.7 Å². The van der Waals surface area contributed by atoms with Crippen LogP contribution in [-0.2, 0) is 14.3 Å². The molecule has 3 amide bonds. The molecule has 9 nitrogen and oxygen atoms in total. The molecule has 0 saturated heterocycles. The highest BCUT2D eigenvalue weighted by Crippen LogP contribution is 2.34.